The van der Waals surface area contributed by atoms with Gasteiger partial charge in [0.2, 0.25) is 0 Å². The van der Waals surface area contributed by atoms with E-state index in [1.54, 1.807) is 6.08 Å². The number of thioether (sulfide) groups is 2. The first-order valence-corrected chi connectivity index (χ1v) is 15.2. The van der Waals surface area contributed by atoms with Gasteiger partial charge in [-0.05, 0) is 25.5 Å². The predicted molar refractivity (Wildman–Crippen MR) is 155 cm³/mol. The number of hydrogen-bond donors (Lipinski definition) is 5. The fourth-order valence-corrected chi connectivity index (χ4v) is 7.20. The van der Waals surface area contributed by atoms with Gasteiger partial charge in [-0.1, -0.05) is 16.9 Å². The van der Waals surface area contributed by atoms with Crippen molar-refractivity contribution in [1.82, 2.24) is 20.1 Å². The molecule has 2 unspecified atom stereocenters. The number of nitrogens with zero attached hydrogens (tertiary/aromatic N) is 5. The number of anilines is 1. The van der Waals surface area contributed by atoms with Crippen molar-refractivity contribution in [3.63, 3.8) is 0 Å². The highest BCUT2D eigenvalue weighted by atomic mass is 32.2. The minimum Gasteiger partial charge on any atom is -0.481 e. The zero-order chi connectivity index (χ0) is 29.8. The third kappa shape index (κ3) is 6.76. The molecule has 3 atom stereocenters. The minimum absolute atomic E-state index is 0.0834. The van der Waals surface area contributed by atoms with Crippen LogP contribution in [0.15, 0.2) is 38.7 Å². The molecule has 0 saturated carbocycles. The van der Waals surface area contributed by atoms with E-state index in [1.165, 1.54) is 40.7 Å². The van der Waals surface area contributed by atoms with Crippen LogP contribution in [0.5, 0.6) is 0 Å². The summed E-state index contributed by atoms with van der Waals surface area (Å²) in [5, 5.41) is 27.0. The topological polar surface area (TPSA) is 226 Å². The molecule has 0 radical (unpaired) electrons. The lowest BCUT2D eigenvalue weighted by Crippen LogP contribution is -2.71. The molecule has 0 spiro atoms. The van der Waals surface area contributed by atoms with Crippen LogP contribution in [0.1, 0.15) is 26.0 Å². The van der Waals surface area contributed by atoms with Crippen LogP contribution >= 0.6 is 34.9 Å². The molecular formula is C23H28N8O7S3. The lowest BCUT2D eigenvalue weighted by atomic mass is 10.0. The number of aliphatic carboxylic acids is 2. The van der Waals surface area contributed by atoms with Crippen molar-refractivity contribution in [2.45, 2.75) is 37.8 Å². The Balaban J connectivity index is 1.49. The molecule has 15 nitrogen and oxygen atoms in total. The van der Waals surface area contributed by atoms with E-state index < -0.39 is 41.3 Å². The monoisotopic (exact) mass is 624 g/mol. The van der Waals surface area contributed by atoms with E-state index in [0.717, 1.165) is 11.3 Å². The SMILES string of the molecule is CCN1CC=C(N)N=C1SCC1=C(C(=O)O)N2C(=O)C(NC(=O)/C(=N\OC(C)CC(=O)O)c3csc(N)n3)[C@@H]2SC1. The quantitative estimate of drug-likeness (QED) is 0.127. The summed E-state index contributed by atoms with van der Waals surface area (Å²) < 4.78 is 0. The standard InChI is InChI=1S/C23H28N8O7S3/c1-3-30-5-4-13(24)27-23(30)41-8-11-7-39-20-16(19(35)31(20)17(11)21(36)37)28-18(34)15(12-9-40-22(25)26-12)29-38-10(2)6-14(32)33/h4,9-10,16,20H,3,5-8,24H2,1-2H3,(H2,25,26)(H,28,34)(H,32,33)(H,36,37)/b29-15-/t10?,16?,20-/m0/s1. The van der Waals surface area contributed by atoms with Gasteiger partial charge in [-0.2, -0.15) is 0 Å². The molecule has 0 aromatic carbocycles. The lowest BCUT2D eigenvalue weighted by molar-refractivity contribution is -0.150. The molecule has 4 rings (SSSR count). The largest absolute Gasteiger partial charge is 0.481 e. The molecule has 2 amide bonds. The summed E-state index contributed by atoms with van der Waals surface area (Å²) >= 11 is 3.72. The van der Waals surface area contributed by atoms with Gasteiger partial charge in [-0.3, -0.25) is 19.3 Å². The van der Waals surface area contributed by atoms with Crippen molar-refractivity contribution < 1.29 is 34.2 Å². The molecule has 0 aliphatic carbocycles. The van der Waals surface area contributed by atoms with Crippen LogP contribution in [0, 0.1) is 0 Å². The van der Waals surface area contributed by atoms with E-state index in [0.29, 0.717) is 41.2 Å². The highest BCUT2D eigenvalue weighted by molar-refractivity contribution is 8.14. The predicted octanol–water partition coefficient (Wildman–Crippen LogP) is 0.273. The van der Waals surface area contributed by atoms with Crippen molar-refractivity contribution in [3.8, 4) is 0 Å². The van der Waals surface area contributed by atoms with Gasteiger partial charge in [0.25, 0.3) is 11.8 Å². The van der Waals surface area contributed by atoms with Gasteiger partial charge < -0.3 is 36.7 Å². The van der Waals surface area contributed by atoms with E-state index in [4.69, 9.17) is 21.4 Å². The van der Waals surface area contributed by atoms with E-state index in [2.05, 4.69) is 20.4 Å². The summed E-state index contributed by atoms with van der Waals surface area (Å²) in [6.07, 6.45) is 0.592. The number of nitrogens with one attached hydrogen (secondary N) is 1. The van der Waals surface area contributed by atoms with Crippen LogP contribution in [-0.2, 0) is 24.0 Å². The third-order valence-electron chi connectivity index (χ3n) is 6.08. The average Bonchev–Trinajstić information content (AvgIpc) is 3.35. The van der Waals surface area contributed by atoms with Crippen LogP contribution in [0.2, 0.25) is 0 Å². The maximum atomic E-state index is 13.2. The van der Waals surface area contributed by atoms with Gasteiger partial charge >= 0.3 is 11.9 Å². The Labute approximate surface area is 246 Å². The number of carboxylic acid groups (broad SMARTS) is 2. The van der Waals surface area contributed by atoms with Gasteiger partial charge in [-0.25, -0.2) is 14.8 Å². The number of aromatic nitrogens is 1. The fourth-order valence-electron chi connectivity index (χ4n) is 4.08. The maximum Gasteiger partial charge on any atom is 0.352 e. The molecular weight excluding hydrogens is 597 g/mol. The summed E-state index contributed by atoms with van der Waals surface area (Å²) in [4.78, 5) is 66.3. The number of rotatable bonds is 11. The number of thiazole rings is 1. The first-order valence-electron chi connectivity index (χ1n) is 12.3. The number of amidine groups is 1. The van der Waals surface area contributed by atoms with Crippen molar-refractivity contribution in [2.75, 3.05) is 30.3 Å². The van der Waals surface area contributed by atoms with Crippen LogP contribution in [0.3, 0.4) is 0 Å². The number of carbonyl (C=O) groups excluding carboxylic acids is 2. The maximum absolute atomic E-state index is 13.2. The van der Waals surface area contributed by atoms with Crippen molar-refractivity contribution in [3.05, 3.63) is 34.2 Å². The lowest BCUT2D eigenvalue weighted by Gasteiger charge is -2.49. The van der Waals surface area contributed by atoms with Gasteiger partial charge in [0.05, 0.1) is 6.42 Å². The number of nitrogen functional groups attached to an aromatic ring is 1. The Hall–Kier alpha value is -3.77. The molecule has 1 fully saturated rings. The highest BCUT2D eigenvalue weighted by Crippen LogP contribution is 2.41. The molecule has 1 saturated heterocycles. The number of carboxylic acids is 2. The Morgan fingerprint density at radius 3 is 2.73 bits per heavy atom. The molecule has 220 valence electrons. The van der Waals surface area contributed by atoms with E-state index in [9.17, 15) is 24.3 Å². The summed E-state index contributed by atoms with van der Waals surface area (Å²) in [5.41, 5.74) is 11.8. The van der Waals surface area contributed by atoms with Gasteiger partial charge in [0.1, 0.15) is 34.7 Å². The number of amides is 2. The van der Waals surface area contributed by atoms with Crippen LogP contribution < -0.4 is 16.8 Å². The van der Waals surface area contributed by atoms with Gasteiger partial charge in [0.15, 0.2) is 16.0 Å². The molecule has 4 heterocycles. The minimum atomic E-state index is -1.25. The van der Waals surface area contributed by atoms with Crippen molar-refractivity contribution in [1.29, 1.82) is 0 Å². The van der Waals surface area contributed by atoms with Crippen molar-refractivity contribution >= 4 is 74.6 Å². The summed E-state index contributed by atoms with van der Waals surface area (Å²) in [7, 11) is 0. The normalized spacial score (nSPS) is 21.4. The number of fused-ring (bicyclic) bond motifs is 1. The Morgan fingerprint density at radius 2 is 2.10 bits per heavy atom. The summed E-state index contributed by atoms with van der Waals surface area (Å²) in [5.74, 6) is -2.75. The van der Waals surface area contributed by atoms with Crippen LogP contribution in [0.4, 0.5) is 5.13 Å². The smallest absolute Gasteiger partial charge is 0.352 e. The number of likely N-dealkylation sites (N-methyl/N-ethyl adjacent to an activating group) is 1. The summed E-state index contributed by atoms with van der Waals surface area (Å²) in [6, 6.07) is -1.03. The molecule has 1 aromatic rings. The second-order valence-electron chi connectivity index (χ2n) is 8.99. The molecule has 1 aromatic heterocycles. The number of oxime groups is 1. The van der Waals surface area contributed by atoms with E-state index in [-0.39, 0.29) is 28.7 Å². The Bertz CT molecular complexity index is 1370. The Kier molecular flexibility index (Phi) is 9.44. The number of aliphatic imine (C=N–C) groups is 1. The van der Waals surface area contributed by atoms with E-state index >= 15 is 0 Å². The van der Waals surface area contributed by atoms with E-state index in [1.807, 2.05) is 11.8 Å². The highest BCUT2D eigenvalue weighted by Gasteiger charge is 2.54. The molecule has 7 N–H and O–H groups in total. The zero-order valence-corrected chi connectivity index (χ0v) is 24.4. The molecule has 3 aliphatic rings. The van der Waals surface area contributed by atoms with Crippen LogP contribution in [0.25, 0.3) is 0 Å². The first kappa shape index (κ1) is 30.2. The van der Waals surface area contributed by atoms with Gasteiger partial charge in [0, 0.05) is 30.0 Å². The molecule has 41 heavy (non-hydrogen) atoms. The number of β-lactam (4-membered cyclic amide) rings is 1. The average molecular weight is 625 g/mol. The third-order valence-corrected chi connectivity index (χ3v) is 9.19. The molecule has 3 aliphatic heterocycles. The second kappa shape index (κ2) is 12.8. The molecule has 0 bridgehead atoms. The van der Waals surface area contributed by atoms with Crippen molar-refractivity contribution in [2.24, 2.45) is 15.9 Å². The zero-order valence-electron chi connectivity index (χ0n) is 22.0. The first-order chi connectivity index (χ1) is 19.5. The summed E-state index contributed by atoms with van der Waals surface area (Å²) in [6.45, 7) is 4.75. The van der Waals surface area contributed by atoms with Crippen LogP contribution in [-0.4, -0.2) is 102 Å². The number of nitrogens with two attached hydrogens (primary N) is 2. The second-order valence-corrected chi connectivity index (χ2v) is 11.9. The number of carbonyl (C=O) groups is 4. The molecule has 18 heteroatoms. The number of hydrogen-bond acceptors (Lipinski definition) is 14. The van der Waals surface area contributed by atoms with Gasteiger partial charge in [-0.15, -0.1) is 23.1 Å². The Morgan fingerprint density at radius 1 is 1.34 bits per heavy atom. The fraction of sp³-hybridized carbons (Fsp3) is 0.435.